The van der Waals surface area contributed by atoms with Crippen LogP contribution in [-0.4, -0.2) is 21.4 Å². The maximum atomic E-state index is 13.2. The van der Waals surface area contributed by atoms with Crippen LogP contribution in [0.1, 0.15) is 21.9 Å². The van der Waals surface area contributed by atoms with Gasteiger partial charge in [-0.15, -0.1) is 0 Å². The van der Waals surface area contributed by atoms with Gasteiger partial charge in [-0.2, -0.15) is 0 Å². The molecule has 158 valence electrons. The number of amides is 1. The van der Waals surface area contributed by atoms with Crippen LogP contribution in [-0.2, 0) is 22.1 Å². The molecule has 30 heavy (non-hydrogen) atoms. The lowest BCUT2D eigenvalue weighted by Gasteiger charge is -2.09. The predicted molar refractivity (Wildman–Crippen MR) is 105 cm³/mol. The van der Waals surface area contributed by atoms with Gasteiger partial charge >= 0.3 is 0 Å². The second-order valence-electron chi connectivity index (χ2n) is 6.28. The summed E-state index contributed by atoms with van der Waals surface area (Å²) in [4.78, 5) is 12.1. The van der Waals surface area contributed by atoms with Crippen molar-refractivity contribution in [2.75, 3.05) is 7.11 Å². The Morgan fingerprint density at radius 2 is 1.80 bits per heavy atom. The van der Waals surface area contributed by atoms with Gasteiger partial charge in [0.1, 0.15) is 33.8 Å². The van der Waals surface area contributed by atoms with Crippen LogP contribution >= 0.6 is 11.6 Å². The third kappa shape index (κ3) is 5.17. The van der Waals surface area contributed by atoms with Crippen LogP contribution in [0.25, 0.3) is 0 Å². The van der Waals surface area contributed by atoms with Crippen molar-refractivity contribution in [3.05, 3.63) is 82.3 Å². The van der Waals surface area contributed by atoms with Crippen LogP contribution in [0.15, 0.2) is 57.8 Å². The fourth-order valence-electron chi connectivity index (χ4n) is 2.72. The van der Waals surface area contributed by atoms with E-state index < -0.39 is 33.1 Å². The van der Waals surface area contributed by atoms with E-state index in [1.54, 1.807) is 0 Å². The summed E-state index contributed by atoms with van der Waals surface area (Å²) in [7, 11) is -2.54. The average molecular weight is 456 g/mol. The molecule has 0 bridgehead atoms. The number of nitrogens with one attached hydrogen (secondary N) is 1. The Labute approximate surface area is 176 Å². The van der Waals surface area contributed by atoms with Crippen LogP contribution in [0.2, 0.25) is 5.02 Å². The molecule has 0 unspecified atom stereocenters. The molecule has 0 fully saturated rings. The first-order chi connectivity index (χ1) is 14.2. The molecule has 2 aromatic carbocycles. The van der Waals surface area contributed by atoms with Gasteiger partial charge in [-0.3, -0.25) is 4.79 Å². The number of rotatable bonds is 7. The molecule has 0 saturated carbocycles. The van der Waals surface area contributed by atoms with Crippen molar-refractivity contribution in [3.63, 3.8) is 0 Å². The number of benzene rings is 2. The van der Waals surface area contributed by atoms with Gasteiger partial charge < -0.3 is 14.5 Å². The number of halogens is 3. The molecule has 0 spiro atoms. The Balaban J connectivity index is 1.71. The lowest BCUT2D eigenvalue weighted by molar-refractivity contribution is 0.0921. The largest absolute Gasteiger partial charge is 0.495 e. The number of sulfone groups is 1. The quantitative estimate of drug-likeness (QED) is 0.579. The molecule has 0 saturated heterocycles. The highest BCUT2D eigenvalue weighted by Crippen LogP contribution is 2.30. The first kappa shape index (κ1) is 21.8. The molecule has 3 rings (SSSR count). The molecule has 0 radical (unpaired) electrons. The number of hydrogen-bond acceptors (Lipinski definition) is 5. The Morgan fingerprint density at radius 1 is 1.10 bits per heavy atom. The van der Waals surface area contributed by atoms with Crippen molar-refractivity contribution in [1.82, 2.24) is 5.32 Å². The Kier molecular flexibility index (Phi) is 6.42. The van der Waals surface area contributed by atoms with Crippen molar-refractivity contribution in [2.24, 2.45) is 0 Å². The summed E-state index contributed by atoms with van der Waals surface area (Å²) in [5.74, 6) is -2.70. The van der Waals surface area contributed by atoms with E-state index in [9.17, 15) is 22.0 Å². The summed E-state index contributed by atoms with van der Waals surface area (Å²) < 4.78 is 62.3. The predicted octanol–water partition coefficient (Wildman–Crippen LogP) is 4.12. The minimum Gasteiger partial charge on any atom is -0.495 e. The van der Waals surface area contributed by atoms with Crippen molar-refractivity contribution in [3.8, 4) is 5.75 Å². The average Bonchev–Trinajstić information content (AvgIpc) is 3.13. The molecule has 1 heterocycles. The van der Waals surface area contributed by atoms with Gasteiger partial charge in [0.05, 0.1) is 7.11 Å². The van der Waals surface area contributed by atoms with E-state index in [2.05, 4.69) is 5.32 Å². The monoisotopic (exact) mass is 455 g/mol. The number of methoxy groups -OCH3 is 1. The Morgan fingerprint density at radius 3 is 2.47 bits per heavy atom. The number of ether oxygens (including phenoxy) is 1. The van der Waals surface area contributed by atoms with Crippen LogP contribution < -0.4 is 10.1 Å². The van der Waals surface area contributed by atoms with Crippen LogP contribution in [0, 0.1) is 11.6 Å². The maximum Gasteiger partial charge on any atom is 0.287 e. The zero-order valence-corrected chi connectivity index (χ0v) is 17.2. The van der Waals surface area contributed by atoms with Gasteiger partial charge in [0.15, 0.2) is 15.6 Å². The zero-order valence-electron chi connectivity index (χ0n) is 15.6. The molecular formula is C20H16ClF2NO5S. The van der Waals surface area contributed by atoms with Gasteiger partial charge in [-0.1, -0.05) is 11.6 Å². The molecule has 0 aliphatic heterocycles. The van der Waals surface area contributed by atoms with Gasteiger partial charge in [0, 0.05) is 17.6 Å². The van der Waals surface area contributed by atoms with Crippen LogP contribution in [0.5, 0.6) is 5.75 Å². The first-order valence-corrected chi connectivity index (χ1v) is 10.6. The van der Waals surface area contributed by atoms with E-state index in [0.717, 1.165) is 18.2 Å². The first-order valence-electron chi connectivity index (χ1n) is 8.56. The minimum absolute atomic E-state index is 0.0268. The van der Waals surface area contributed by atoms with Crippen LogP contribution in [0.3, 0.4) is 0 Å². The number of furan rings is 1. The highest BCUT2D eigenvalue weighted by Gasteiger charge is 2.23. The van der Waals surface area contributed by atoms with Gasteiger partial charge in [0.2, 0.25) is 0 Å². The molecular weight excluding hydrogens is 440 g/mol. The smallest absolute Gasteiger partial charge is 0.287 e. The summed E-state index contributed by atoms with van der Waals surface area (Å²) >= 11 is 5.89. The second kappa shape index (κ2) is 8.85. The Hall–Kier alpha value is -2.91. The number of hydrogen-bond donors (Lipinski definition) is 1. The van der Waals surface area contributed by atoms with E-state index in [4.69, 9.17) is 20.8 Å². The van der Waals surface area contributed by atoms with Gasteiger partial charge in [-0.25, -0.2) is 17.2 Å². The molecule has 0 atom stereocenters. The Bertz CT molecular complexity index is 1170. The highest BCUT2D eigenvalue weighted by molar-refractivity contribution is 7.90. The molecule has 1 amide bonds. The summed E-state index contributed by atoms with van der Waals surface area (Å²) in [5, 5.41) is 2.68. The third-order valence-corrected chi connectivity index (χ3v) is 5.94. The zero-order chi connectivity index (χ0) is 21.9. The summed E-state index contributed by atoms with van der Waals surface area (Å²) in [6, 6.07) is 9.76. The van der Waals surface area contributed by atoms with E-state index in [-0.39, 0.29) is 39.3 Å². The van der Waals surface area contributed by atoms with E-state index in [1.807, 2.05) is 0 Å². The van der Waals surface area contributed by atoms with Crippen molar-refractivity contribution in [2.45, 2.75) is 17.2 Å². The van der Waals surface area contributed by atoms with E-state index in [1.165, 1.54) is 37.4 Å². The number of carbonyl (C=O) groups is 1. The summed E-state index contributed by atoms with van der Waals surface area (Å²) in [5.41, 5.74) is 0.225. The fourth-order valence-corrected chi connectivity index (χ4v) is 4.41. The lowest BCUT2D eigenvalue weighted by atomic mass is 10.2. The van der Waals surface area contributed by atoms with E-state index in [0.29, 0.717) is 0 Å². The van der Waals surface area contributed by atoms with Gasteiger partial charge in [0.25, 0.3) is 5.91 Å². The minimum atomic E-state index is -3.87. The summed E-state index contributed by atoms with van der Waals surface area (Å²) in [6.45, 7) is -0.137. The molecule has 0 aliphatic rings. The highest BCUT2D eigenvalue weighted by atomic mass is 35.5. The maximum absolute atomic E-state index is 13.2. The number of carbonyl (C=O) groups excluding carboxylic acids is 1. The standard InChI is InChI=1S/C20H16ClF2NO5S/c1-28-17-4-2-13(21)8-19(17)30(26,27)11-16-3-5-18(29-16)20(25)24-10-12-6-14(22)9-15(23)7-12/h2-9H,10-11H2,1H3,(H,24,25). The molecule has 10 heteroatoms. The van der Waals surface area contributed by atoms with Gasteiger partial charge in [-0.05, 0) is 48.0 Å². The topological polar surface area (TPSA) is 85.6 Å². The SMILES string of the molecule is COc1ccc(Cl)cc1S(=O)(=O)Cc1ccc(C(=O)NCc2cc(F)cc(F)c2)o1. The molecule has 1 aromatic heterocycles. The molecule has 6 nitrogen and oxygen atoms in total. The molecule has 0 aliphatic carbocycles. The fraction of sp³-hybridized carbons (Fsp3) is 0.150. The van der Waals surface area contributed by atoms with Crippen LogP contribution in [0.4, 0.5) is 8.78 Å². The van der Waals surface area contributed by atoms with Crippen molar-refractivity contribution < 1.29 is 31.1 Å². The normalized spacial score (nSPS) is 11.3. The van der Waals surface area contributed by atoms with E-state index >= 15 is 0 Å². The molecule has 1 N–H and O–H groups in total. The second-order valence-corrected chi connectivity index (χ2v) is 8.68. The molecule has 3 aromatic rings. The van der Waals surface area contributed by atoms with Crippen molar-refractivity contribution in [1.29, 1.82) is 0 Å². The summed E-state index contributed by atoms with van der Waals surface area (Å²) in [6.07, 6.45) is 0. The third-order valence-electron chi connectivity index (χ3n) is 4.05. The van der Waals surface area contributed by atoms with Crippen molar-refractivity contribution >= 4 is 27.3 Å². The lowest BCUT2D eigenvalue weighted by Crippen LogP contribution is -2.22.